The summed E-state index contributed by atoms with van der Waals surface area (Å²) in [7, 11) is 1.41. The average Bonchev–Trinajstić information content (AvgIpc) is 2.61. The summed E-state index contributed by atoms with van der Waals surface area (Å²) >= 11 is 0. The van der Waals surface area contributed by atoms with Gasteiger partial charge in [0, 0.05) is 12.0 Å². The fourth-order valence-electron chi connectivity index (χ4n) is 2.62. The molecule has 1 heterocycles. The second-order valence-corrected chi connectivity index (χ2v) is 5.64. The minimum atomic E-state index is -4.60. The van der Waals surface area contributed by atoms with Crippen LogP contribution in [-0.2, 0) is 4.79 Å². The molecule has 26 heavy (non-hydrogen) atoms. The highest BCUT2D eigenvalue weighted by Gasteiger charge is 2.36. The quantitative estimate of drug-likeness (QED) is 0.888. The van der Waals surface area contributed by atoms with Crippen LogP contribution in [0.15, 0.2) is 59.2 Å². The minimum absolute atomic E-state index is 0.0285. The number of allylic oxidation sites excluding steroid dienone is 2. The summed E-state index contributed by atoms with van der Waals surface area (Å²) in [5.41, 5.74) is 0.349. The minimum Gasteiger partial charge on any atom is -0.504 e. The molecule has 0 bridgehead atoms. The molecule has 0 saturated carbocycles. The molecule has 3 rings (SSSR count). The van der Waals surface area contributed by atoms with Crippen molar-refractivity contribution in [1.82, 2.24) is 0 Å². The van der Waals surface area contributed by atoms with Crippen LogP contribution in [0.3, 0.4) is 0 Å². The normalized spacial score (nSPS) is 14.7. The van der Waals surface area contributed by atoms with Crippen molar-refractivity contribution >= 4 is 11.5 Å². The van der Waals surface area contributed by atoms with Crippen molar-refractivity contribution < 1.29 is 27.8 Å². The van der Waals surface area contributed by atoms with Crippen LogP contribution in [0, 0.1) is 0 Å². The van der Waals surface area contributed by atoms with E-state index in [1.54, 1.807) is 30.3 Å². The number of ketones is 1. The van der Waals surface area contributed by atoms with E-state index >= 15 is 0 Å². The van der Waals surface area contributed by atoms with Gasteiger partial charge in [0.25, 0.3) is 0 Å². The first-order valence-corrected chi connectivity index (χ1v) is 7.66. The molecule has 0 saturated heterocycles. The maximum atomic E-state index is 12.9. The summed E-state index contributed by atoms with van der Waals surface area (Å²) < 4.78 is 43.8. The number of methoxy groups -OCH3 is 1. The third-order valence-corrected chi connectivity index (χ3v) is 3.92. The molecular weight excluding hydrogens is 347 g/mol. The van der Waals surface area contributed by atoms with Crippen molar-refractivity contribution in [2.75, 3.05) is 7.11 Å². The largest absolute Gasteiger partial charge is 0.504 e. The Morgan fingerprint density at radius 1 is 1.08 bits per heavy atom. The molecule has 0 fully saturated rings. The molecule has 1 aliphatic heterocycles. The van der Waals surface area contributed by atoms with E-state index in [1.165, 1.54) is 19.2 Å². The molecule has 0 unspecified atom stereocenters. The fraction of sp³-hybridized carbons (Fsp3) is 0.158. The molecule has 134 valence electrons. The number of aliphatic imine (C=N–C) groups is 1. The number of aromatic hydroxyl groups is 1. The molecular formula is C19H14F3NO3. The topological polar surface area (TPSA) is 58.9 Å². The second kappa shape index (κ2) is 6.67. The number of phenolic OH excluding ortho intramolecular Hbond substituents is 1. The zero-order valence-electron chi connectivity index (χ0n) is 13.7. The number of phenols is 1. The lowest BCUT2D eigenvalue weighted by Crippen LogP contribution is -2.23. The number of ether oxygens (including phenoxy) is 1. The van der Waals surface area contributed by atoms with Gasteiger partial charge in [0.2, 0.25) is 0 Å². The van der Waals surface area contributed by atoms with Gasteiger partial charge in [-0.2, -0.15) is 13.2 Å². The molecule has 0 radical (unpaired) electrons. The Morgan fingerprint density at radius 2 is 1.77 bits per heavy atom. The maximum absolute atomic E-state index is 12.9. The number of alkyl halides is 3. The Balaban J connectivity index is 2.03. The van der Waals surface area contributed by atoms with E-state index in [-0.39, 0.29) is 23.6 Å². The van der Waals surface area contributed by atoms with Crippen LogP contribution in [0.4, 0.5) is 13.2 Å². The molecule has 7 heteroatoms. The van der Waals surface area contributed by atoms with Crippen molar-refractivity contribution in [3.63, 3.8) is 0 Å². The summed E-state index contributed by atoms with van der Waals surface area (Å²) in [5.74, 6) is -0.237. The molecule has 1 aliphatic rings. The van der Waals surface area contributed by atoms with E-state index in [4.69, 9.17) is 4.74 Å². The van der Waals surface area contributed by atoms with Crippen LogP contribution in [0.5, 0.6) is 11.5 Å². The van der Waals surface area contributed by atoms with E-state index in [1.807, 2.05) is 0 Å². The van der Waals surface area contributed by atoms with Crippen molar-refractivity contribution in [3.8, 4) is 22.6 Å². The first-order valence-electron chi connectivity index (χ1n) is 7.66. The molecule has 0 atom stereocenters. The number of Topliss-reactive ketones (excluding diaryl/α,β-unsaturated/α-hetero) is 1. The van der Waals surface area contributed by atoms with E-state index in [9.17, 15) is 23.1 Å². The van der Waals surface area contributed by atoms with Gasteiger partial charge < -0.3 is 9.84 Å². The number of hydrogen-bond acceptors (Lipinski definition) is 4. The molecule has 0 spiro atoms. The monoisotopic (exact) mass is 361 g/mol. The zero-order chi connectivity index (χ0) is 18.9. The van der Waals surface area contributed by atoms with E-state index in [0.29, 0.717) is 16.7 Å². The molecule has 0 aliphatic carbocycles. The van der Waals surface area contributed by atoms with Crippen molar-refractivity contribution in [1.29, 1.82) is 0 Å². The van der Waals surface area contributed by atoms with Gasteiger partial charge in [-0.1, -0.05) is 24.3 Å². The van der Waals surface area contributed by atoms with Gasteiger partial charge in [-0.25, -0.2) is 4.99 Å². The van der Waals surface area contributed by atoms with E-state index in [2.05, 4.69) is 4.99 Å². The standard InChI is InChI=1S/C19H14F3NO3/c1-26-16-10-12(5-6-14(16)24)11-3-2-4-13(9-11)18-15(25)7-8-17(23-18)19(20,21)22/h2-6,8-10,24H,7H2,1H3. The van der Waals surface area contributed by atoms with Gasteiger partial charge in [-0.3, -0.25) is 4.79 Å². The van der Waals surface area contributed by atoms with E-state index < -0.39 is 17.7 Å². The maximum Gasteiger partial charge on any atom is 0.433 e. The molecule has 0 amide bonds. The number of halogens is 3. The van der Waals surface area contributed by atoms with Crippen LogP contribution in [0.1, 0.15) is 12.0 Å². The lowest BCUT2D eigenvalue weighted by molar-refractivity contribution is -0.112. The molecule has 4 nitrogen and oxygen atoms in total. The van der Waals surface area contributed by atoms with E-state index in [0.717, 1.165) is 6.08 Å². The Labute approximate surface area is 147 Å². The first kappa shape index (κ1) is 17.7. The highest BCUT2D eigenvalue weighted by atomic mass is 19.4. The van der Waals surface area contributed by atoms with Crippen LogP contribution >= 0.6 is 0 Å². The lowest BCUT2D eigenvalue weighted by Gasteiger charge is -2.15. The highest BCUT2D eigenvalue weighted by molar-refractivity contribution is 6.47. The van der Waals surface area contributed by atoms with Crippen LogP contribution in [0.2, 0.25) is 0 Å². The Hall–Kier alpha value is -3.09. The summed E-state index contributed by atoms with van der Waals surface area (Å²) in [6, 6.07) is 11.2. The summed E-state index contributed by atoms with van der Waals surface area (Å²) in [6.45, 7) is 0. The Kier molecular flexibility index (Phi) is 4.54. The predicted molar refractivity (Wildman–Crippen MR) is 90.4 cm³/mol. The predicted octanol–water partition coefficient (Wildman–Crippen LogP) is 4.28. The summed E-state index contributed by atoms with van der Waals surface area (Å²) in [5, 5.41) is 9.68. The van der Waals surface area contributed by atoms with Gasteiger partial charge in [0.05, 0.1) is 7.11 Å². The summed E-state index contributed by atoms with van der Waals surface area (Å²) in [4.78, 5) is 15.6. The Bertz CT molecular complexity index is 930. The molecule has 0 aromatic heterocycles. The number of nitrogens with zero attached hydrogens (tertiary/aromatic N) is 1. The fourth-order valence-corrected chi connectivity index (χ4v) is 2.62. The Morgan fingerprint density at radius 3 is 2.46 bits per heavy atom. The van der Waals surface area contributed by atoms with Crippen LogP contribution < -0.4 is 4.74 Å². The first-order chi connectivity index (χ1) is 12.3. The number of hydrogen-bond donors (Lipinski definition) is 1. The number of benzene rings is 2. The smallest absolute Gasteiger partial charge is 0.433 e. The van der Waals surface area contributed by atoms with Gasteiger partial charge in [0.15, 0.2) is 17.3 Å². The molecule has 2 aromatic carbocycles. The highest BCUT2D eigenvalue weighted by Crippen LogP contribution is 2.33. The molecule has 1 N–H and O–H groups in total. The van der Waals surface area contributed by atoms with Crippen molar-refractivity contribution in [2.45, 2.75) is 12.6 Å². The summed E-state index contributed by atoms with van der Waals surface area (Å²) in [6.07, 6.45) is -4.15. The van der Waals surface area contributed by atoms with Crippen molar-refractivity contribution in [2.24, 2.45) is 4.99 Å². The SMILES string of the molecule is COc1cc(-c2cccc(C3=NC(C(F)(F)F)=CCC3=O)c2)ccc1O. The zero-order valence-corrected chi connectivity index (χ0v) is 13.7. The third-order valence-electron chi connectivity index (χ3n) is 3.92. The second-order valence-electron chi connectivity index (χ2n) is 5.64. The average molecular weight is 361 g/mol. The van der Waals surface area contributed by atoms with Gasteiger partial charge >= 0.3 is 6.18 Å². The molecule has 2 aromatic rings. The number of carbonyl (C=O) groups is 1. The van der Waals surface area contributed by atoms with Gasteiger partial charge in [0.1, 0.15) is 11.4 Å². The van der Waals surface area contributed by atoms with Gasteiger partial charge in [-0.05, 0) is 35.4 Å². The number of carbonyl (C=O) groups excluding carboxylic acids is 1. The van der Waals surface area contributed by atoms with Crippen LogP contribution in [-0.4, -0.2) is 29.9 Å². The van der Waals surface area contributed by atoms with Gasteiger partial charge in [-0.15, -0.1) is 0 Å². The van der Waals surface area contributed by atoms with Crippen LogP contribution in [0.25, 0.3) is 11.1 Å². The third kappa shape index (κ3) is 3.46. The van der Waals surface area contributed by atoms with Crippen molar-refractivity contribution in [3.05, 3.63) is 59.8 Å². The number of rotatable bonds is 3. The lowest BCUT2D eigenvalue weighted by atomic mass is 9.97.